The van der Waals surface area contributed by atoms with Crippen molar-refractivity contribution in [2.75, 3.05) is 0 Å². The molecule has 2 heterocycles. The molecule has 4 heteroatoms. The average molecular weight is 162 g/mol. The molecule has 0 aliphatic heterocycles. The molecule has 2 aromatic heterocycles. The van der Waals surface area contributed by atoms with E-state index in [4.69, 9.17) is 5.73 Å². The van der Waals surface area contributed by atoms with Gasteiger partial charge in [-0.3, -0.25) is 0 Å². The second-order valence-corrected chi connectivity index (χ2v) is 2.74. The molecule has 2 aromatic rings. The van der Waals surface area contributed by atoms with Crippen molar-refractivity contribution < 1.29 is 0 Å². The van der Waals surface area contributed by atoms with Crippen LogP contribution >= 0.6 is 0 Å². The smallest absolute Gasteiger partial charge is 0.165 e. The quantitative estimate of drug-likeness (QED) is 0.664. The summed E-state index contributed by atoms with van der Waals surface area (Å²) in [6, 6.07) is 3.97. The van der Waals surface area contributed by atoms with Gasteiger partial charge in [0.25, 0.3) is 0 Å². The van der Waals surface area contributed by atoms with Crippen LogP contribution in [0, 0.1) is 6.92 Å². The maximum atomic E-state index is 5.41. The highest BCUT2D eigenvalue weighted by molar-refractivity contribution is 5.39. The lowest BCUT2D eigenvalue weighted by Gasteiger charge is -1.90. The molecule has 0 amide bonds. The first kappa shape index (κ1) is 7.24. The Balaban J connectivity index is 2.67. The molecule has 0 radical (unpaired) electrons. The lowest BCUT2D eigenvalue weighted by Crippen LogP contribution is -1.98. The number of hydrogen-bond donors (Lipinski definition) is 1. The summed E-state index contributed by atoms with van der Waals surface area (Å²) in [5, 5.41) is 4.15. The number of nitrogens with zero attached hydrogens (tertiary/aromatic N) is 3. The minimum atomic E-state index is 0.390. The third-order valence-electron chi connectivity index (χ3n) is 1.72. The molecule has 0 spiro atoms. The molecule has 0 aliphatic rings. The molecule has 4 nitrogen and oxygen atoms in total. The third kappa shape index (κ3) is 1.06. The van der Waals surface area contributed by atoms with E-state index in [1.165, 1.54) is 5.56 Å². The summed E-state index contributed by atoms with van der Waals surface area (Å²) in [6.07, 6.45) is 1.89. The number of pyridine rings is 1. The van der Waals surface area contributed by atoms with Crippen molar-refractivity contribution in [2.24, 2.45) is 5.73 Å². The Bertz CT molecular complexity index is 404. The first-order chi connectivity index (χ1) is 5.79. The van der Waals surface area contributed by atoms with Crippen molar-refractivity contribution in [2.45, 2.75) is 13.5 Å². The average Bonchev–Trinajstić information content (AvgIpc) is 2.46. The van der Waals surface area contributed by atoms with Crippen LogP contribution in [0.15, 0.2) is 18.3 Å². The predicted octanol–water partition coefficient (Wildman–Crippen LogP) is 0.496. The number of rotatable bonds is 1. The largest absolute Gasteiger partial charge is 0.324 e. The fourth-order valence-corrected chi connectivity index (χ4v) is 1.12. The van der Waals surface area contributed by atoms with Crippen molar-refractivity contribution >= 4 is 5.65 Å². The maximum absolute atomic E-state index is 5.41. The summed E-state index contributed by atoms with van der Waals surface area (Å²) < 4.78 is 1.73. The topological polar surface area (TPSA) is 56.2 Å². The highest BCUT2D eigenvalue weighted by Gasteiger charge is 1.99. The lowest BCUT2D eigenvalue weighted by molar-refractivity contribution is 0.868. The highest BCUT2D eigenvalue weighted by Crippen LogP contribution is 2.03. The molecule has 62 valence electrons. The Morgan fingerprint density at radius 1 is 1.58 bits per heavy atom. The predicted molar refractivity (Wildman–Crippen MR) is 45.6 cm³/mol. The van der Waals surface area contributed by atoms with Gasteiger partial charge in [0.15, 0.2) is 11.5 Å². The summed E-state index contributed by atoms with van der Waals surface area (Å²) in [4.78, 5) is 4.22. The molecule has 0 fully saturated rings. The molecule has 2 rings (SSSR count). The van der Waals surface area contributed by atoms with Crippen LogP contribution in [0.25, 0.3) is 5.65 Å². The number of aromatic nitrogens is 3. The van der Waals surface area contributed by atoms with Crippen LogP contribution in [-0.4, -0.2) is 14.6 Å². The standard InChI is InChI=1S/C8H10N4/c1-6-2-3-12-8(4-6)10-7(5-9)11-12/h2-4H,5,9H2,1H3. The van der Waals surface area contributed by atoms with E-state index in [1.807, 2.05) is 25.3 Å². The van der Waals surface area contributed by atoms with Gasteiger partial charge in [0.2, 0.25) is 0 Å². The fourth-order valence-electron chi connectivity index (χ4n) is 1.12. The van der Waals surface area contributed by atoms with E-state index in [9.17, 15) is 0 Å². The van der Waals surface area contributed by atoms with Gasteiger partial charge in [0, 0.05) is 6.20 Å². The number of fused-ring (bicyclic) bond motifs is 1. The molecule has 12 heavy (non-hydrogen) atoms. The van der Waals surface area contributed by atoms with Crippen LogP contribution in [0.3, 0.4) is 0 Å². The van der Waals surface area contributed by atoms with Crippen LogP contribution in [-0.2, 0) is 6.54 Å². The second-order valence-electron chi connectivity index (χ2n) is 2.74. The van der Waals surface area contributed by atoms with Gasteiger partial charge in [-0.05, 0) is 24.6 Å². The molecule has 0 aliphatic carbocycles. The monoisotopic (exact) mass is 162 g/mol. The minimum Gasteiger partial charge on any atom is -0.324 e. The van der Waals surface area contributed by atoms with Gasteiger partial charge >= 0.3 is 0 Å². The van der Waals surface area contributed by atoms with Crippen molar-refractivity contribution in [1.82, 2.24) is 14.6 Å². The van der Waals surface area contributed by atoms with Crippen LogP contribution in [0.2, 0.25) is 0 Å². The van der Waals surface area contributed by atoms with Crippen LogP contribution < -0.4 is 5.73 Å². The third-order valence-corrected chi connectivity index (χ3v) is 1.72. The number of hydrogen-bond acceptors (Lipinski definition) is 3. The van der Waals surface area contributed by atoms with Crippen molar-refractivity contribution in [1.29, 1.82) is 0 Å². The van der Waals surface area contributed by atoms with Crippen LogP contribution in [0.1, 0.15) is 11.4 Å². The molecule has 0 bridgehead atoms. The van der Waals surface area contributed by atoms with Gasteiger partial charge in [-0.15, -0.1) is 5.10 Å². The van der Waals surface area contributed by atoms with Crippen molar-refractivity contribution in [3.63, 3.8) is 0 Å². The molecule has 2 N–H and O–H groups in total. The minimum absolute atomic E-state index is 0.390. The summed E-state index contributed by atoms with van der Waals surface area (Å²) in [5.74, 6) is 0.681. The van der Waals surface area contributed by atoms with E-state index in [-0.39, 0.29) is 0 Å². The summed E-state index contributed by atoms with van der Waals surface area (Å²) in [7, 11) is 0. The normalized spacial score (nSPS) is 10.8. The van der Waals surface area contributed by atoms with E-state index < -0.39 is 0 Å². The van der Waals surface area contributed by atoms with Crippen molar-refractivity contribution in [3.8, 4) is 0 Å². The Labute approximate surface area is 70.0 Å². The lowest BCUT2D eigenvalue weighted by atomic mass is 10.3. The van der Waals surface area contributed by atoms with E-state index in [0.29, 0.717) is 12.4 Å². The van der Waals surface area contributed by atoms with Gasteiger partial charge in [0.05, 0.1) is 6.54 Å². The van der Waals surface area contributed by atoms with E-state index in [2.05, 4.69) is 10.1 Å². The molecule has 0 saturated carbocycles. The van der Waals surface area contributed by atoms with Gasteiger partial charge in [-0.1, -0.05) is 0 Å². The molecule has 0 atom stereocenters. The van der Waals surface area contributed by atoms with Gasteiger partial charge in [-0.2, -0.15) is 0 Å². The Kier molecular flexibility index (Phi) is 1.55. The summed E-state index contributed by atoms with van der Waals surface area (Å²) >= 11 is 0. The first-order valence-corrected chi connectivity index (χ1v) is 3.81. The highest BCUT2D eigenvalue weighted by atomic mass is 15.3. The molecule has 0 saturated heterocycles. The van der Waals surface area contributed by atoms with Gasteiger partial charge in [-0.25, -0.2) is 9.50 Å². The zero-order chi connectivity index (χ0) is 8.55. The Hall–Kier alpha value is -1.42. The fraction of sp³-hybridized carbons (Fsp3) is 0.250. The van der Waals surface area contributed by atoms with E-state index in [0.717, 1.165) is 5.65 Å². The molecule has 0 unspecified atom stereocenters. The summed E-state index contributed by atoms with van der Waals surface area (Å²) in [5.41, 5.74) is 7.45. The number of aryl methyl sites for hydroxylation is 1. The van der Waals surface area contributed by atoms with Crippen LogP contribution in [0.4, 0.5) is 0 Å². The Morgan fingerprint density at radius 2 is 2.42 bits per heavy atom. The zero-order valence-electron chi connectivity index (χ0n) is 6.86. The Morgan fingerprint density at radius 3 is 3.17 bits per heavy atom. The SMILES string of the molecule is Cc1ccn2nc(CN)nc2c1. The van der Waals surface area contributed by atoms with Gasteiger partial charge < -0.3 is 5.73 Å². The van der Waals surface area contributed by atoms with E-state index in [1.54, 1.807) is 4.52 Å². The van der Waals surface area contributed by atoms with Crippen molar-refractivity contribution in [3.05, 3.63) is 29.7 Å². The second kappa shape index (κ2) is 2.57. The maximum Gasteiger partial charge on any atom is 0.165 e. The number of nitrogens with two attached hydrogens (primary N) is 1. The molecule has 0 aromatic carbocycles. The molecular weight excluding hydrogens is 152 g/mol. The summed E-state index contributed by atoms with van der Waals surface area (Å²) in [6.45, 7) is 2.41. The first-order valence-electron chi connectivity index (χ1n) is 3.81. The van der Waals surface area contributed by atoms with E-state index >= 15 is 0 Å². The van der Waals surface area contributed by atoms with Crippen LogP contribution in [0.5, 0.6) is 0 Å². The molecular formula is C8H10N4. The van der Waals surface area contributed by atoms with Gasteiger partial charge in [0.1, 0.15) is 0 Å². The zero-order valence-corrected chi connectivity index (χ0v) is 6.86.